The monoisotopic (exact) mass is 284 g/mol. The third-order valence-corrected chi connectivity index (χ3v) is 6.16. The van der Waals surface area contributed by atoms with Gasteiger partial charge >= 0.3 is 0 Å². The van der Waals surface area contributed by atoms with Crippen LogP contribution in [0.25, 0.3) is 0 Å². The van der Waals surface area contributed by atoms with Gasteiger partial charge < -0.3 is 0 Å². The van der Waals surface area contributed by atoms with Gasteiger partial charge in [0.05, 0.1) is 9.52 Å². The van der Waals surface area contributed by atoms with Crippen LogP contribution in [-0.2, 0) is 0 Å². The van der Waals surface area contributed by atoms with Crippen LogP contribution in [0.3, 0.4) is 0 Å². The predicted octanol–water partition coefficient (Wildman–Crippen LogP) is 4.30. The van der Waals surface area contributed by atoms with E-state index in [2.05, 4.69) is 57.2 Å². The van der Waals surface area contributed by atoms with E-state index >= 15 is 0 Å². The summed E-state index contributed by atoms with van der Waals surface area (Å²) in [6.07, 6.45) is 9.19. The molecule has 1 heteroatoms. The average molecular weight is 285 g/mol. The van der Waals surface area contributed by atoms with Crippen molar-refractivity contribution in [3.05, 3.63) is 52.8 Å². The third-order valence-electron chi connectivity index (χ3n) is 4.19. The SMILES string of the molecule is CCCCCC1=CC(C(C)C)=C([SiH2]c2ccccc2)C1. The van der Waals surface area contributed by atoms with Crippen LogP contribution in [0.2, 0.25) is 0 Å². The predicted molar refractivity (Wildman–Crippen MR) is 93.3 cm³/mol. The van der Waals surface area contributed by atoms with Gasteiger partial charge in [0.1, 0.15) is 0 Å². The van der Waals surface area contributed by atoms with Gasteiger partial charge in [-0.05, 0) is 25.2 Å². The minimum atomic E-state index is -0.258. The molecule has 0 fully saturated rings. The lowest BCUT2D eigenvalue weighted by atomic mass is 10.0. The minimum Gasteiger partial charge on any atom is -0.0752 e. The molecule has 0 unspecified atom stereocenters. The van der Waals surface area contributed by atoms with E-state index in [4.69, 9.17) is 0 Å². The number of hydrogen-bond acceptors (Lipinski definition) is 0. The molecule has 108 valence electrons. The minimum absolute atomic E-state index is 0.258. The largest absolute Gasteiger partial charge is 0.0832 e. The second kappa shape index (κ2) is 7.63. The highest BCUT2D eigenvalue weighted by molar-refractivity contribution is 6.61. The molecule has 2 rings (SSSR count). The number of allylic oxidation sites excluding steroid dienone is 4. The van der Waals surface area contributed by atoms with Gasteiger partial charge in [0, 0.05) is 0 Å². The van der Waals surface area contributed by atoms with Crippen LogP contribution in [-0.4, -0.2) is 9.52 Å². The Morgan fingerprint density at radius 2 is 1.85 bits per heavy atom. The number of benzene rings is 1. The van der Waals surface area contributed by atoms with E-state index in [1.54, 1.807) is 21.5 Å². The van der Waals surface area contributed by atoms with Crippen molar-refractivity contribution in [1.82, 2.24) is 0 Å². The van der Waals surface area contributed by atoms with Crippen molar-refractivity contribution < 1.29 is 0 Å². The Morgan fingerprint density at radius 1 is 1.10 bits per heavy atom. The molecule has 1 aliphatic rings. The third kappa shape index (κ3) is 4.21. The Labute approximate surface area is 126 Å². The van der Waals surface area contributed by atoms with Gasteiger partial charge in [-0.15, -0.1) is 0 Å². The van der Waals surface area contributed by atoms with Gasteiger partial charge in [0.15, 0.2) is 0 Å². The fourth-order valence-electron chi connectivity index (χ4n) is 3.09. The maximum absolute atomic E-state index is 2.53. The summed E-state index contributed by atoms with van der Waals surface area (Å²) in [6.45, 7) is 6.98. The van der Waals surface area contributed by atoms with Crippen molar-refractivity contribution in [3.63, 3.8) is 0 Å². The molecule has 0 atom stereocenters. The van der Waals surface area contributed by atoms with Crippen molar-refractivity contribution in [2.45, 2.75) is 52.9 Å². The summed E-state index contributed by atoms with van der Waals surface area (Å²) in [4.78, 5) is 0. The van der Waals surface area contributed by atoms with Crippen molar-refractivity contribution >= 4 is 14.7 Å². The number of hydrogen-bond donors (Lipinski definition) is 0. The Kier molecular flexibility index (Phi) is 5.84. The summed E-state index contributed by atoms with van der Waals surface area (Å²) < 4.78 is 0. The topological polar surface area (TPSA) is 0 Å². The zero-order valence-electron chi connectivity index (χ0n) is 13.3. The van der Waals surface area contributed by atoms with E-state index in [0.717, 1.165) is 0 Å². The Bertz CT molecular complexity index is 480. The molecule has 1 aromatic carbocycles. The van der Waals surface area contributed by atoms with Crippen LogP contribution >= 0.6 is 0 Å². The van der Waals surface area contributed by atoms with Crippen LogP contribution < -0.4 is 5.19 Å². The highest BCUT2D eigenvalue weighted by atomic mass is 28.2. The maximum Gasteiger partial charge on any atom is 0.0832 e. The lowest BCUT2D eigenvalue weighted by molar-refractivity contribution is 0.708. The molecule has 0 heterocycles. The second-order valence-corrected chi connectivity index (χ2v) is 8.34. The normalized spacial score (nSPS) is 15.7. The van der Waals surface area contributed by atoms with Gasteiger partial charge in [-0.3, -0.25) is 0 Å². The molecule has 0 saturated carbocycles. The lowest BCUT2D eigenvalue weighted by Gasteiger charge is -2.10. The van der Waals surface area contributed by atoms with Gasteiger partial charge in [-0.1, -0.05) is 91.6 Å². The fraction of sp³-hybridized carbons (Fsp3) is 0.474. The van der Waals surface area contributed by atoms with E-state index in [0.29, 0.717) is 5.92 Å². The zero-order valence-corrected chi connectivity index (χ0v) is 14.7. The fourth-order valence-corrected chi connectivity index (χ4v) is 5.25. The first kappa shape index (κ1) is 15.3. The van der Waals surface area contributed by atoms with Crippen LogP contribution in [0.15, 0.2) is 52.8 Å². The molecular weight excluding hydrogens is 256 g/mol. The molecule has 20 heavy (non-hydrogen) atoms. The van der Waals surface area contributed by atoms with E-state index in [9.17, 15) is 0 Å². The van der Waals surface area contributed by atoms with E-state index < -0.39 is 0 Å². The summed E-state index contributed by atoms with van der Waals surface area (Å²) in [6, 6.07) is 11.1. The van der Waals surface area contributed by atoms with Crippen molar-refractivity contribution in [1.29, 1.82) is 0 Å². The Morgan fingerprint density at radius 3 is 2.50 bits per heavy atom. The van der Waals surface area contributed by atoms with Crippen LogP contribution in [0.4, 0.5) is 0 Å². The highest BCUT2D eigenvalue weighted by Gasteiger charge is 2.18. The van der Waals surface area contributed by atoms with Gasteiger partial charge in [0.25, 0.3) is 0 Å². The Hall–Kier alpha value is -1.08. The number of unbranched alkanes of at least 4 members (excludes halogenated alkanes) is 2. The van der Waals surface area contributed by atoms with Gasteiger partial charge in [-0.25, -0.2) is 0 Å². The smallest absolute Gasteiger partial charge is 0.0752 e. The highest BCUT2D eigenvalue weighted by Crippen LogP contribution is 2.32. The average Bonchev–Trinajstić information content (AvgIpc) is 2.83. The Balaban J connectivity index is 2.02. The maximum atomic E-state index is 2.53. The second-order valence-electron chi connectivity index (χ2n) is 6.31. The molecular formula is C19H28Si. The summed E-state index contributed by atoms with van der Waals surface area (Å²) >= 11 is 0. The molecule has 0 aromatic heterocycles. The molecule has 0 nitrogen and oxygen atoms in total. The first-order valence-electron chi connectivity index (χ1n) is 8.16. The van der Waals surface area contributed by atoms with Gasteiger partial charge in [0.2, 0.25) is 0 Å². The van der Waals surface area contributed by atoms with Crippen molar-refractivity contribution in [2.75, 3.05) is 0 Å². The summed E-state index contributed by atoms with van der Waals surface area (Å²) in [5.41, 5.74) is 3.35. The van der Waals surface area contributed by atoms with E-state index in [1.165, 1.54) is 32.1 Å². The lowest BCUT2D eigenvalue weighted by Crippen LogP contribution is -2.17. The first-order valence-corrected chi connectivity index (χ1v) is 9.57. The first-order chi connectivity index (χ1) is 9.70. The zero-order chi connectivity index (χ0) is 14.4. The van der Waals surface area contributed by atoms with E-state index in [1.807, 2.05) is 0 Å². The molecule has 1 aliphatic carbocycles. The standard InChI is InChI=1S/C19H28Si/c1-4-5-7-10-16-13-18(15(2)3)19(14-16)20-17-11-8-6-9-12-17/h6,8-9,11-13,15H,4-5,7,10,14,20H2,1-3H3. The van der Waals surface area contributed by atoms with Crippen LogP contribution in [0.1, 0.15) is 52.9 Å². The summed E-state index contributed by atoms with van der Waals surface area (Å²) in [5.74, 6) is 0.685. The van der Waals surface area contributed by atoms with Crippen molar-refractivity contribution in [3.8, 4) is 0 Å². The number of rotatable bonds is 7. The summed E-state index contributed by atoms with van der Waals surface area (Å²) in [5, 5.41) is 3.38. The molecule has 0 N–H and O–H groups in total. The molecule has 0 bridgehead atoms. The quantitative estimate of drug-likeness (QED) is 0.517. The van der Waals surface area contributed by atoms with Gasteiger partial charge in [-0.2, -0.15) is 0 Å². The van der Waals surface area contributed by atoms with Crippen molar-refractivity contribution in [2.24, 2.45) is 5.92 Å². The molecule has 0 aliphatic heterocycles. The van der Waals surface area contributed by atoms with Crippen LogP contribution in [0, 0.1) is 5.92 Å². The summed E-state index contributed by atoms with van der Waals surface area (Å²) in [7, 11) is -0.258. The van der Waals surface area contributed by atoms with E-state index in [-0.39, 0.29) is 9.52 Å². The molecule has 1 aromatic rings. The van der Waals surface area contributed by atoms with Crippen LogP contribution in [0.5, 0.6) is 0 Å². The molecule has 0 spiro atoms. The molecule has 0 amide bonds. The molecule has 0 saturated heterocycles. The molecule has 0 radical (unpaired) electrons.